The average molecular weight is 237 g/mol. The molecule has 1 fully saturated rings. The summed E-state index contributed by atoms with van der Waals surface area (Å²) in [5, 5.41) is 3.34. The van der Waals surface area contributed by atoms with Gasteiger partial charge in [0.15, 0.2) is 0 Å². The van der Waals surface area contributed by atoms with E-state index in [0.29, 0.717) is 17.7 Å². The number of nitrogens with one attached hydrogen (secondary N) is 1. The quantitative estimate of drug-likeness (QED) is 0.845. The first-order valence-corrected chi connectivity index (χ1v) is 5.90. The van der Waals surface area contributed by atoms with Gasteiger partial charge in [0.05, 0.1) is 19.8 Å². The Hall–Kier alpha value is -1.36. The third-order valence-electron chi connectivity index (χ3n) is 3.12. The van der Waals surface area contributed by atoms with Crippen molar-refractivity contribution in [1.82, 2.24) is 15.3 Å². The van der Waals surface area contributed by atoms with E-state index in [-0.39, 0.29) is 0 Å². The van der Waals surface area contributed by atoms with E-state index in [0.717, 1.165) is 30.9 Å². The normalized spacial score (nSPS) is 19.4. The molecule has 0 aromatic carbocycles. The molecule has 1 atom stereocenters. The molecule has 94 valence electrons. The minimum Gasteiger partial charge on any atom is -0.481 e. The molecular formula is C12H19N3O2. The van der Waals surface area contributed by atoms with Crippen molar-refractivity contribution < 1.29 is 9.47 Å². The van der Waals surface area contributed by atoms with E-state index in [9.17, 15) is 0 Å². The van der Waals surface area contributed by atoms with Crippen LogP contribution >= 0.6 is 0 Å². The van der Waals surface area contributed by atoms with Gasteiger partial charge in [0.1, 0.15) is 5.82 Å². The summed E-state index contributed by atoms with van der Waals surface area (Å²) in [5.41, 5.74) is 0.850. The van der Waals surface area contributed by atoms with Crippen molar-refractivity contribution in [1.29, 1.82) is 0 Å². The molecule has 1 aromatic rings. The van der Waals surface area contributed by atoms with Crippen molar-refractivity contribution in [2.75, 3.05) is 27.3 Å². The molecule has 0 amide bonds. The van der Waals surface area contributed by atoms with Crippen LogP contribution in [0.25, 0.3) is 0 Å². The zero-order chi connectivity index (χ0) is 12.3. The van der Waals surface area contributed by atoms with E-state index >= 15 is 0 Å². The van der Waals surface area contributed by atoms with Crippen LogP contribution in [0.5, 0.6) is 11.8 Å². The molecule has 0 bridgehead atoms. The first-order chi connectivity index (χ1) is 8.24. The van der Waals surface area contributed by atoms with Crippen LogP contribution < -0.4 is 14.8 Å². The van der Waals surface area contributed by atoms with Crippen LogP contribution in [0.4, 0.5) is 0 Å². The summed E-state index contributed by atoms with van der Waals surface area (Å²) in [5.74, 6) is 2.64. The lowest BCUT2D eigenvalue weighted by molar-refractivity contribution is 0.360. The molecule has 5 nitrogen and oxygen atoms in total. The maximum Gasteiger partial charge on any atom is 0.223 e. The van der Waals surface area contributed by atoms with Crippen LogP contribution in [0.1, 0.15) is 17.8 Å². The second-order valence-corrected chi connectivity index (χ2v) is 4.35. The number of nitrogens with zero attached hydrogens (tertiary/aromatic N) is 2. The molecule has 1 saturated heterocycles. The summed E-state index contributed by atoms with van der Waals surface area (Å²) in [6.45, 7) is 4.03. The molecule has 1 N–H and O–H groups in total. The van der Waals surface area contributed by atoms with Crippen LogP contribution in [-0.4, -0.2) is 37.3 Å². The summed E-state index contributed by atoms with van der Waals surface area (Å²) >= 11 is 0. The SMILES string of the molecule is COc1nc(CC2CCNC2)nc(OC)c1C. The second kappa shape index (κ2) is 5.31. The van der Waals surface area contributed by atoms with Crippen LogP contribution in [0.2, 0.25) is 0 Å². The molecule has 5 heteroatoms. The Labute approximate surface area is 102 Å². The monoisotopic (exact) mass is 237 g/mol. The van der Waals surface area contributed by atoms with E-state index in [2.05, 4.69) is 15.3 Å². The first-order valence-electron chi connectivity index (χ1n) is 5.90. The molecule has 1 unspecified atom stereocenters. The molecular weight excluding hydrogens is 218 g/mol. The molecule has 1 aromatic heterocycles. The van der Waals surface area contributed by atoms with Gasteiger partial charge in [-0.3, -0.25) is 0 Å². The molecule has 2 rings (SSSR count). The predicted molar refractivity (Wildman–Crippen MR) is 64.6 cm³/mol. The lowest BCUT2D eigenvalue weighted by Gasteiger charge is -2.12. The Morgan fingerprint density at radius 3 is 2.35 bits per heavy atom. The topological polar surface area (TPSA) is 56.3 Å². The first kappa shape index (κ1) is 12.1. The number of ether oxygens (including phenoxy) is 2. The Balaban J connectivity index is 2.21. The lowest BCUT2D eigenvalue weighted by Crippen LogP contribution is -2.13. The van der Waals surface area contributed by atoms with E-state index in [1.807, 2.05) is 6.92 Å². The summed E-state index contributed by atoms with van der Waals surface area (Å²) in [7, 11) is 3.24. The lowest BCUT2D eigenvalue weighted by atomic mass is 10.0. The van der Waals surface area contributed by atoms with Gasteiger partial charge in [-0.25, -0.2) is 0 Å². The zero-order valence-corrected chi connectivity index (χ0v) is 10.6. The minimum atomic E-state index is 0.609. The Kier molecular flexibility index (Phi) is 3.78. The molecule has 2 heterocycles. The van der Waals surface area contributed by atoms with Crippen LogP contribution in [0, 0.1) is 12.8 Å². The highest BCUT2D eigenvalue weighted by Crippen LogP contribution is 2.24. The van der Waals surface area contributed by atoms with Gasteiger partial charge >= 0.3 is 0 Å². The number of aromatic nitrogens is 2. The van der Waals surface area contributed by atoms with E-state index in [4.69, 9.17) is 9.47 Å². The third-order valence-corrected chi connectivity index (χ3v) is 3.12. The Morgan fingerprint density at radius 2 is 1.88 bits per heavy atom. The molecule has 0 aliphatic carbocycles. The fourth-order valence-corrected chi connectivity index (χ4v) is 2.15. The molecule has 17 heavy (non-hydrogen) atoms. The maximum absolute atomic E-state index is 5.25. The van der Waals surface area contributed by atoms with Gasteiger partial charge in [0, 0.05) is 6.42 Å². The Bertz CT molecular complexity index is 364. The number of hydrogen-bond acceptors (Lipinski definition) is 5. The molecule has 1 aliphatic rings. The minimum absolute atomic E-state index is 0.609. The summed E-state index contributed by atoms with van der Waals surface area (Å²) in [4.78, 5) is 8.84. The highest BCUT2D eigenvalue weighted by Gasteiger charge is 2.19. The highest BCUT2D eigenvalue weighted by molar-refractivity contribution is 5.34. The molecule has 1 aliphatic heterocycles. The average Bonchev–Trinajstić information content (AvgIpc) is 2.84. The second-order valence-electron chi connectivity index (χ2n) is 4.35. The van der Waals surface area contributed by atoms with Gasteiger partial charge in [-0.05, 0) is 32.4 Å². The largest absolute Gasteiger partial charge is 0.481 e. The molecule has 0 radical (unpaired) electrons. The van der Waals surface area contributed by atoms with Gasteiger partial charge in [-0.2, -0.15) is 9.97 Å². The zero-order valence-electron chi connectivity index (χ0n) is 10.6. The van der Waals surface area contributed by atoms with E-state index in [1.165, 1.54) is 6.42 Å². The molecule has 0 spiro atoms. The maximum atomic E-state index is 5.25. The fraction of sp³-hybridized carbons (Fsp3) is 0.667. The molecule has 0 saturated carbocycles. The fourth-order valence-electron chi connectivity index (χ4n) is 2.15. The third kappa shape index (κ3) is 2.66. The highest BCUT2D eigenvalue weighted by atomic mass is 16.5. The van der Waals surface area contributed by atoms with Crippen molar-refractivity contribution >= 4 is 0 Å². The Morgan fingerprint density at radius 1 is 1.24 bits per heavy atom. The van der Waals surface area contributed by atoms with Crippen molar-refractivity contribution in [3.8, 4) is 11.8 Å². The smallest absolute Gasteiger partial charge is 0.223 e. The van der Waals surface area contributed by atoms with Gasteiger partial charge < -0.3 is 14.8 Å². The van der Waals surface area contributed by atoms with Gasteiger partial charge in [0.2, 0.25) is 11.8 Å². The summed E-state index contributed by atoms with van der Waals surface area (Å²) in [6.07, 6.45) is 2.06. The van der Waals surface area contributed by atoms with Crippen LogP contribution in [0.3, 0.4) is 0 Å². The van der Waals surface area contributed by atoms with Gasteiger partial charge in [-0.1, -0.05) is 0 Å². The van der Waals surface area contributed by atoms with Gasteiger partial charge in [0.25, 0.3) is 0 Å². The van der Waals surface area contributed by atoms with Crippen molar-refractivity contribution in [3.63, 3.8) is 0 Å². The van der Waals surface area contributed by atoms with Crippen molar-refractivity contribution in [2.45, 2.75) is 19.8 Å². The van der Waals surface area contributed by atoms with Crippen LogP contribution in [0.15, 0.2) is 0 Å². The standard InChI is InChI=1S/C12H19N3O2/c1-8-11(16-2)14-10(15-12(8)17-3)6-9-4-5-13-7-9/h9,13H,4-7H2,1-3H3. The van der Waals surface area contributed by atoms with E-state index in [1.54, 1.807) is 14.2 Å². The van der Waals surface area contributed by atoms with Crippen molar-refractivity contribution in [2.24, 2.45) is 5.92 Å². The predicted octanol–water partition coefficient (Wildman–Crippen LogP) is 0.954. The van der Waals surface area contributed by atoms with Gasteiger partial charge in [-0.15, -0.1) is 0 Å². The summed E-state index contributed by atoms with van der Waals surface area (Å²) in [6, 6.07) is 0. The summed E-state index contributed by atoms with van der Waals surface area (Å²) < 4.78 is 10.5. The van der Waals surface area contributed by atoms with E-state index < -0.39 is 0 Å². The number of hydrogen-bond donors (Lipinski definition) is 1. The van der Waals surface area contributed by atoms with Crippen LogP contribution in [-0.2, 0) is 6.42 Å². The number of methoxy groups -OCH3 is 2. The van der Waals surface area contributed by atoms with Crippen molar-refractivity contribution in [3.05, 3.63) is 11.4 Å². The number of rotatable bonds is 4.